The molecule has 0 aliphatic carbocycles. The molecular formula is C38H50N2O7. The molecule has 1 fully saturated rings. The number of likely N-dealkylation sites (tertiary alicyclic amines) is 1. The van der Waals surface area contributed by atoms with E-state index >= 15 is 0 Å². The van der Waals surface area contributed by atoms with Gasteiger partial charge in [-0.15, -0.1) is 0 Å². The average Bonchev–Trinajstić information content (AvgIpc) is 3.05. The molecule has 0 bridgehead atoms. The van der Waals surface area contributed by atoms with Gasteiger partial charge in [0.2, 0.25) is 0 Å². The average molecular weight is 647 g/mol. The maximum atomic E-state index is 14.3. The topological polar surface area (TPSA) is 86.8 Å². The lowest BCUT2D eigenvalue weighted by atomic mass is 9.92. The second kappa shape index (κ2) is 16.5. The highest BCUT2D eigenvalue weighted by Crippen LogP contribution is 2.33. The van der Waals surface area contributed by atoms with Crippen LogP contribution >= 0.6 is 0 Å². The molecule has 9 heteroatoms. The van der Waals surface area contributed by atoms with Gasteiger partial charge in [0.1, 0.15) is 11.4 Å². The Hall–Kier alpha value is -4.24. The van der Waals surface area contributed by atoms with E-state index in [4.69, 9.17) is 23.7 Å². The molecule has 1 heterocycles. The van der Waals surface area contributed by atoms with Crippen LogP contribution in [0.4, 0.5) is 4.79 Å². The minimum atomic E-state index is -0.652. The first-order valence-electron chi connectivity index (χ1n) is 16.4. The Labute approximate surface area is 279 Å². The van der Waals surface area contributed by atoms with Gasteiger partial charge in [-0.25, -0.2) is 4.79 Å². The highest BCUT2D eigenvalue weighted by atomic mass is 16.6. The van der Waals surface area contributed by atoms with Crippen LogP contribution in [-0.2, 0) is 9.47 Å². The summed E-state index contributed by atoms with van der Waals surface area (Å²) in [6.07, 6.45) is 0.967. The summed E-state index contributed by atoms with van der Waals surface area (Å²) in [5.74, 6) is 1.64. The molecule has 254 valence electrons. The lowest BCUT2D eigenvalue weighted by Gasteiger charge is -2.44. The Kier molecular flexibility index (Phi) is 12.5. The largest absolute Gasteiger partial charge is 0.493 e. The van der Waals surface area contributed by atoms with Crippen molar-refractivity contribution in [3.63, 3.8) is 0 Å². The maximum absolute atomic E-state index is 14.3. The van der Waals surface area contributed by atoms with Crippen molar-refractivity contribution in [2.45, 2.75) is 65.1 Å². The third-order valence-electron chi connectivity index (χ3n) is 7.96. The fourth-order valence-corrected chi connectivity index (χ4v) is 5.91. The van der Waals surface area contributed by atoms with Gasteiger partial charge in [-0.1, -0.05) is 48.5 Å². The van der Waals surface area contributed by atoms with E-state index in [1.807, 2.05) is 82.0 Å². The quantitative estimate of drug-likeness (QED) is 0.180. The van der Waals surface area contributed by atoms with E-state index in [1.54, 1.807) is 37.3 Å². The monoisotopic (exact) mass is 646 g/mol. The number of amides is 2. The molecule has 0 radical (unpaired) electrons. The smallest absolute Gasteiger partial charge is 0.410 e. The van der Waals surface area contributed by atoms with E-state index in [9.17, 15) is 9.59 Å². The fraction of sp³-hybridized carbons (Fsp3) is 0.474. The van der Waals surface area contributed by atoms with Crippen molar-refractivity contribution in [3.8, 4) is 28.4 Å². The Bertz CT molecular complexity index is 1450. The second-order valence-corrected chi connectivity index (χ2v) is 13.2. The molecule has 1 aliphatic heterocycles. The Morgan fingerprint density at radius 2 is 1.60 bits per heavy atom. The van der Waals surface area contributed by atoms with Gasteiger partial charge in [-0.3, -0.25) is 4.79 Å². The van der Waals surface area contributed by atoms with Crippen molar-refractivity contribution in [1.29, 1.82) is 0 Å². The van der Waals surface area contributed by atoms with E-state index < -0.39 is 11.7 Å². The molecule has 0 N–H and O–H groups in total. The molecular weight excluding hydrogens is 596 g/mol. The third kappa shape index (κ3) is 9.88. The minimum Gasteiger partial charge on any atom is -0.493 e. The van der Waals surface area contributed by atoms with Crippen molar-refractivity contribution in [3.05, 3.63) is 78.4 Å². The fourth-order valence-electron chi connectivity index (χ4n) is 5.91. The SMILES string of the molecule is COCCCOc1cc(C(=O)N(C(C)C)C2C[C@H](COc3ccccc3-c3ccccc3)CN(C(=O)OC(C)(C)C)C2)ccc1OC. The number of piperidine rings is 1. The zero-order valence-corrected chi connectivity index (χ0v) is 28.9. The first-order chi connectivity index (χ1) is 22.5. The Balaban J connectivity index is 1.59. The number of ether oxygens (including phenoxy) is 5. The number of nitrogens with zero attached hydrogens (tertiary/aromatic N) is 2. The Morgan fingerprint density at radius 1 is 0.872 bits per heavy atom. The van der Waals surface area contributed by atoms with Crippen LogP contribution in [-0.4, -0.2) is 86.6 Å². The van der Waals surface area contributed by atoms with Gasteiger partial charge >= 0.3 is 6.09 Å². The first-order valence-corrected chi connectivity index (χ1v) is 16.4. The van der Waals surface area contributed by atoms with Crippen molar-refractivity contribution >= 4 is 12.0 Å². The van der Waals surface area contributed by atoms with E-state index in [0.29, 0.717) is 62.8 Å². The van der Waals surface area contributed by atoms with Gasteiger partial charge in [-0.2, -0.15) is 0 Å². The third-order valence-corrected chi connectivity index (χ3v) is 7.96. The Morgan fingerprint density at radius 3 is 2.28 bits per heavy atom. The van der Waals surface area contributed by atoms with Gasteiger partial charge in [0.15, 0.2) is 11.5 Å². The van der Waals surface area contributed by atoms with Crippen LogP contribution < -0.4 is 14.2 Å². The highest BCUT2D eigenvalue weighted by Gasteiger charge is 2.38. The van der Waals surface area contributed by atoms with E-state index in [-0.39, 0.29) is 23.9 Å². The molecule has 1 saturated heterocycles. The summed E-state index contributed by atoms with van der Waals surface area (Å²) in [5.41, 5.74) is 1.91. The van der Waals surface area contributed by atoms with Crippen molar-refractivity contribution < 1.29 is 33.3 Å². The molecule has 47 heavy (non-hydrogen) atoms. The lowest BCUT2D eigenvalue weighted by molar-refractivity contribution is -0.00550. The van der Waals surface area contributed by atoms with Crippen molar-refractivity contribution in [2.24, 2.45) is 5.92 Å². The van der Waals surface area contributed by atoms with Crippen LogP contribution in [0.15, 0.2) is 72.8 Å². The molecule has 0 spiro atoms. The van der Waals surface area contributed by atoms with Gasteiger partial charge in [0.25, 0.3) is 5.91 Å². The van der Waals surface area contributed by atoms with Crippen LogP contribution in [0.25, 0.3) is 11.1 Å². The number of hydrogen-bond donors (Lipinski definition) is 0. The van der Waals surface area contributed by atoms with Crippen LogP contribution in [0.3, 0.4) is 0 Å². The molecule has 4 rings (SSSR count). The van der Waals surface area contributed by atoms with Gasteiger partial charge in [0, 0.05) is 56.3 Å². The summed E-state index contributed by atoms with van der Waals surface area (Å²) in [4.78, 5) is 31.3. The molecule has 1 aliphatic rings. The normalized spacial score (nSPS) is 16.5. The minimum absolute atomic E-state index is 0.0466. The van der Waals surface area contributed by atoms with Crippen LogP contribution in [0.2, 0.25) is 0 Å². The molecule has 1 unspecified atom stereocenters. The summed E-state index contributed by atoms with van der Waals surface area (Å²) in [6, 6.07) is 22.9. The number of hydrogen-bond acceptors (Lipinski definition) is 7. The summed E-state index contributed by atoms with van der Waals surface area (Å²) in [5, 5.41) is 0. The highest BCUT2D eigenvalue weighted by molar-refractivity contribution is 5.95. The van der Waals surface area contributed by atoms with Crippen LogP contribution in [0.5, 0.6) is 17.2 Å². The lowest BCUT2D eigenvalue weighted by Crippen LogP contribution is -2.57. The number of carbonyl (C=O) groups excluding carboxylic acids is 2. The molecule has 2 amide bonds. The zero-order chi connectivity index (χ0) is 34.0. The van der Waals surface area contributed by atoms with Gasteiger partial charge in [-0.05, 0) is 70.9 Å². The van der Waals surface area contributed by atoms with Gasteiger partial charge in [0.05, 0.1) is 26.4 Å². The summed E-state index contributed by atoms with van der Waals surface area (Å²) < 4.78 is 28.9. The van der Waals surface area contributed by atoms with E-state index in [0.717, 1.165) is 16.9 Å². The van der Waals surface area contributed by atoms with Crippen LogP contribution in [0, 0.1) is 5.92 Å². The van der Waals surface area contributed by atoms with E-state index in [1.165, 1.54) is 0 Å². The number of benzene rings is 3. The first kappa shape index (κ1) is 35.6. The number of methoxy groups -OCH3 is 2. The summed E-state index contributed by atoms with van der Waals surface area (Å²) >= 11 is 0. The number of para-hydroxylation sites is 1. The molecule has 9 nitrogen and oxygen atoms in total. The van der Waals surface area contributed by atoms with Crippen molar-refractivity contribution in [1.82, 2.24) is 9.80 Å². The maximum Gasteiger partial charge on any atom is 0.410 e. The summed E-state index contributed by atoms with van der Waals surface area (Å²) in [6.45, 7) is 11.8. The molecule has 0 saturated carbocycles. The van der Waals surface area contributed by atoms with Gasteiger partial charge < -0.3 is 33.5 Å². The summed E-state index contributed by atoms with van der Waals surface area (Å²) in [7, 11) is 3.23. The predicted octanol–water partition coefficient (Wildman–Crippen LogP) is 7.33. The molecule has 3 aromatic carbocycles. The van der Waals surface area contributed by atoms with Crippen molar-refractivity contribution in [2.75, 3.05) is 47.1 Å². The predicted molar refractivity (Wildman–Crippen MR) is 183 cm³/mol. The van der Waals surface area contributed by atoms with Crippen LogP contribution in [0.1, 0.15) is 57.8 Å². The van der Waals surface area contributed by atoms with E-state index in [2.05, 4.69) is 12.1 Å². The molecule has 0 aromatic heterocycles. The molecule has 3 aromatic rings. The second-order valence-electron chi connectivity index (χ2n) is 13.2. The standard InChI is InChI=1S/C38H50N2O7/c1-27(2)40(36(41)30-18-19-34(44-7)35(23-30)45-21-13-20-43-6)31-22-28(24-39(25-31)37(42)47-38(3,4)5)26-46-33-17-12-11-16-32(33)29-14-9-8-10-15-29/h8-12,14-19,23,27-28,31H,13,20-22,24-26H2,1-7H3/t28-,31?/m0/s1. The molecule has 2 atom stereocenters. The zero-order valence-electron chi connectivity index (χ0n) is 28.9. The number of rotatable bonds is 13. The number of carbonyl (C=O) groups is 2.